The van der Waals surface area contributed by atoms with E-state index in [2.05, 4.69) is 31.4 Å². The first-order valence-corrected chi connectivity index (χ1v) is 9.35. The van der Waals surface area contributed by atoms with Crippen LogP contribution in [0.25, 0.3) is 0 Å². The lowest BCUT2D eigenvalue weighted by molar-refractivity contribution is 0.0514. The molecule has 3 atom stereocenters. The molecule has 0 saturated heterocycles. The molecule has 0 bridgehead atoms. The predicted octanol–water partition coefficient (Wildman–Crippen LogP) is 4.20. The first-order chi connectivity index (χ1) is 10.7. The molecule has 0 aromatic rings. The Bertz CT molecular complexity index is 350. The van der Waals surface area contributed by atoms with Gasteiger partial charge in [-0.25, -0.2) is 4.79 Å². The van der Waals surface area contributed by atoms with Gasteiger partial charge in [0.25, 0.3) is 0 Å². The molecule has 4 nitrogen and oxygen atoms in total. The third kappa shape index (κ3) is 9.19. The minimum atomic E-state index is -0.437. The highest BCUT2D eigenvalue weighted by atomic mass is 16.6. The van der Waals surface area contributed by atoms with Crippen LogP contribution in [0.1, 0.15) is 67.2 Å². The summed E-state index contributed by atoms with van der Waals surface area (Å²) >= 11 is 0. The maximum absolute atomic E-state index is 11.8. The van der Waals surface area contributed by atoms with Crippen LogP contribution in [0.4, 0.5) is 4.79 Å². The first-order valence-electron chi connectivity index (χ1n) is 9.35. The van der Waals surface area contributed by atoms with E-state index in [-0.39, 0.29) is 6.09 Å². The topological polar surface area (TPSA) is 50.4 Å². The maximum atomic E-state index is 11.8. The number of nitrogens with one attached hydrogen (secondary N) is 2. The fourth-order valence-electron chi connectivity index (χ4n) is 3.29. The van der Waals surface area contributed by atoms with Crippen LogP contribution in [0.15, 0.2) is 0 Å². The standard InChI is InChI=1S/C19H38N2O2/c1-14(2)17(13-21-18(22)23-19(4,5)6)12-20-11-16-9-7-8-15(3)10-16/h14-17,20H,7-13H2,1-6H3,(H,21,22). The van der Waals surface area contributed by atoms with E-state index in [9.17, 15) is 4.79 Å². The number of carbonyl (C=O) groups is 1. The van der Waals surface area contributed by atoms with Gasteiger partial charge in [0.1, 0.15) is 5.60 Å². The lowest BCUT2D eigenvalue weighted by Gasteiger charge is -2.28. The zero-order chi connectivity index (χ0) is 17.5. The van der Waals surface area contributed by atoms with E-state index in [1.807, 2.05) is 20.8 Å². The minimum absolute atomic E-state index is 0.316. The van der Waals surface area contributed by atoms with Gasteiger partial charge in [0.05, 0.1) is 0 Å². The Hall–Kier alpha value is -0.770. The Morgan fingerprint density at radius 3 is 2.48 bits per heavy atom. The second-order valence-corrected chi connectivity index (χ2v) is 8.68. The van der Waals surface area contributed by atoms with Crippen LogP contribution in [-0.2, 0) is 4.74 Å². The molecule has 1 saturated carbocycles. The van der Waals surface area contributed by atoms with Crippen LogP contribution in [0, 0.1) is 23.7 Å². The van der Waals surface area contributed by atoms with Gasteiger partial charge in [0, 0.05) is 6.54 Å². The normalized spacial score (nSPS) is 23.6. The Balaban J connectivity index is 2.27. The predicted molar refractivity (Wildman–Crippen MR) is 96.6 cm³/mol. The number of rotatable bonds is 7. The minimum Gasteiger partial charge on any atom is -0.444 e. The van der Waals surface area contributed by atoms with Crippen molar-refractivity contribution in [2.45, 2.75) is 72.8 Å². The molecule has 0 aliphatic heterocycles. The van der Waals surface area contributed by atoms with E-state index < -0.39 is 5.60 Å². The fourth-order valence-corrected chi connectivity index (χ4v) is 3.29. The molecule has 0 heterocycles. The molecule has 136 valence electrons. The van der Waals surface area contributed by atoms with Gasteiger partial charge in [0.15, 0.2) is 0 Å². The van der Waals surface area contributed by atoms with Crippen molar-refractivity contribution in [1.82, 2.24) is 10.6 Å². The Morgan fingerprint density at radius 1 is 1.22 bits per heavy atom. The average Bonchev–Trinajstić information content (AvgIpc) is 2.40. The Kier molecular flexibility index (Phi) is 8.38. The van der Waals surface area contributed by atoms with Gasteiger partial charge < -0.3 is 15.4 Å². The summed E-state index contributed by atoms with van der Waals surface area (Å²) in [5.41, 5.74) is -0.437. The van der Waals surface area contributed by atoms with E-state index in [1.54, 1.807) is 0 Å². The van der Waals surface area contributed by atoms with Crippen molar-refractivity contribution in [2.24, 2.45) is 23.7 Å². The number of hydrogen-bond acceptors (Lipinski definition) is 3. The van der Waals surface area contributed by atoms with Crippen LogP contribution in [0.3, 0.4) is 0 Å². The molecule has 0 aromatic carbocycles. The summed E-state index contributed by atoms with van der Waals surface area (Å²) in [6, 6.07) is 0. The second kappa shape index (κ2) is 9.51. The van der Waals surface area contributed by atoms with Crippen molar-refractivity contribution in [2.75, 3.05) is 19.6 Å². The molecule has 2 N–H and O–H groups in total. The molecular formula is C19H38N2O2. The van der Waals surface area contributed by atoms with Crippen molar-refractivity contribution in [3.05, 3.63) is 0 Å². The summed E-state index contributed by atoms with van der Waals surface area (Å²) < 4.78 is 5.31. The van der Waals surface area contributed by atoms with Crippen LogP contribution < -0.4 is 10.6 Å². The Labute approximate surface area is 143 Å². The van der Waals surface area contributed by atoms with Crippen molar-refractivity contribution in [1.29, 1.82) is 0 Å². The van der Waals surface area contributed by atoms with E-state index >= 15 is 0 Å². The number of carbonyl (C=O) groups excluding carboxylic acids is 1. The molecule has 4 heteroatoms. The largest absolute Gasteiger partial charge is 0.444 e. The summed E-state index contributed by atoms with van der Waals surface area (Å²) in [6.45, 7) is 15.2. The van der Waals surface area contributed by atoms with Crippen LogP contribution in [-0.4, -0.2) is 31.3 Å². The molecule has 1 rings (SSSR count). The molecular weight excluding hydrogens is 288 g/mol. The second-order valence-electron chi connectivity index (χ2n) is 8.68. The van der Waals surface area contributed by atoms with Crippen molar-refractivity contribution in [3.63, 3.8) is 0 Å². The number of hydrogen-bond donors (Lipinski definition) is 2. The highest BCUT2D eigenvalue weighted by Gasteiger charge is 2.21. The molecule has 0 radical (unpaired) electrons. The lowest BCUT2D eigenvalue weighted by atomic mass is 9.82. The third-order valence-electron chi connectivity index (χ3n) is 4.73. The monoisotopic (exact) mass is 326 g/mol. The number of ether oxygens (including phenoxy) is 1. The molecule has 3 unspecified atom stereocenters. The smallest absolute Gasteiger partial charge is 0.407 e. The van der Waals surface area contributed by atoms with Gasteiger partial charge in [-0.2, -0.15) is 0 Å². The fraction of sp³-hybridized carbons (Fsp3) is 0.947. The van der Waals surface area contributed by atoms with Gasteiger partial charge in [-0.15, -0.1) is 0 Å². The van der Waals surface area contributed by atoms with Gasteiger partial charge >= 0.3 is 6.09 Å². The van der Waals surface area contributed by atoms with Gasteiger partial charge in [-0.05, 0) is 70.4 Å². The molecule has 1 amide bonds. The summed E-state index contributed by atoms with van der Waals surface area (Å²) in [5.74, 6) is 2.67. The molecule has 0 aromatic heterocycles. The van der Waals surface area contributed by atoms with Crippen LogP contribution >= 0.6 is 0 Å². The zero-order valence-corrected chi connectivity index (χ0v) is 16.1. The van der Waals surface area contributed by atoms with Crippen molar-refractivity contribution < 1.29 is 9.53 Å². The van der Waals surface area contributed by atoms with Crippen LogP contribution in [0.2, 0.25) is 0 Å². The molecule has 1 aliphatic carbocycles. The molecule has 1 aliphatic rings. The van der Waals surface area contributed by atoms with E-state index in [4.69, 9.17) is 4.74 Å². The highest BCUT2D eigenvalue weighted by molar-refractivity contribution is 5.67. The van der Waals surface area contributed by atoms with E-state index in [0.717, 1.165) is 24.9 Å². The summed E-state index contributed by atoms with van der Waals surface area (Å²) in [7, 11) is 0. The van der Waals surface area contributed by atoms with Gasteiger partial charge in [0.2, 0.25) is 0 Å². The summed E-state index contributed by atoms with van der Waals surface area (Å²) in [6.07, 6.45) is 5.17. The molecule has 1 fully saturated rings. The third-order valence-corrected chi connectivity index (χ3v) is 4.73. The summed E-state index contributed by atoms with van der Waals surface area (Å²) in [5, 5.41) is 6.55. The molecule has 23 heavy (non-hydrogen) atoms. The van der Waals surface area contributed by atoms with Crippen LogP contribution in [0.5, 0.6) is 0 Å². The number of amides is 1. The molecule has 0 spiro atoms. The lowest BCUT2D eigenvalue weighted by Crippen LogP contribution is -2.40. The maximum Gasteiger partial charge on any atom is 0.407 e. The van der Waals surface area contributed by atoms with Gasteiger partial charge in [-0.3, -0.25) is 0 Å². The van der Waals surface area contributed by atoms with E-state index in [1.165, 1.54) is 25.7 Å². The first kappa shape index (κ1) is 20.3. The number of alkyl carbamates (subject to hydrolysis) is 1. The quantitative estimate of drug-likeness (QED) is 0.737. The highest BCUT2D eigenvalue weighted by Crippen LogP contribution is 2.28. The van der Waals surface area contributed by atoms with E-state index in [0.29, 0.717) is 18.4 Å². The Morgan fingerprint density at radius 2 is 1.91 bits per heavy atom. The zero-order valence-electron chi connectivity index (χ0n) is 16.1. The summed E-state index contributed by atoms with van der Waals surface area (Å²) in [4.78, 5) is 11.8. The van der Waals surface area contributed by atoms with Gasteiger partial charge in [-0.1, -0.05) is 33.6 Å². The SMILES string of the molecule is CC1CCCC(CNCC(CNC(=O)OC(C)(C)C)C(C)C)C1. The van der Waals surface area contributed by atoms with Crippen molar-refractivity contribution >= 4 is 6.09 Å². The average molecular weight is 327 g/mol. The van der Waals surface area contributed by atoms with Crippen molar-refractivity contribution in [3.8, 4) is 0 Å².